The zero-order valence-electron chi connectivity index (χ0n) is 12.6. The van der Waals surface area contributed by atoms with Gasteiger partial charge in [0.05, 0.1) is 0 Å². The molecule has 2 rings (SSSR count). The molecule has 0 saturated carbocycles. The number of aromatic nitrogens is 1. The molecular weight excluding hydrogens is 359 g/mol. The van der Waals surface area contributed by atoms with Gasteiger partial charge in [0, 0.05) is 19.0 Å². The number of rotatable bonds is 4. The van der Waals surface area contributed by atoms with Crippen LogP contribution in [0.2, 0.25) is 0 Å². The summed E-state index contributed by atoms with van der Waals surface area (Å²) in [6.45, 7) is 3.19. The summed E-state index contributed by atoms with van der Waals surface area (Å²) in [7, 11) is 0. The molecule has 7 heteroatoms. The van der Waals surface area contributed by atoms with Crippen molar-refractivity contribution in [3.05, 3.63) is 58.9 Å². The van der Waals surface area contributed by atoms with E-state index in [1.54, 1.807) is 6.07 Å². The van der Waals surface area contributed by atoms with Gasteiger partial charge in [0.2, 0.25) is 11.7 Å². The van der Waals surface area contributed by atoms with Crippen LogP contribution in [-0.2, 0) is 11.2 Å². The van der Waals surface area contributed by atoms with Crippen LogP contribution in [0, 0.1) is 6.92 Å². The van der Waals surface area contributed by atoms with Crippen LogP contribution in [0.1, 0.15) is 34.2 Å². The molecule has 0 aliphatic carbocycles. The molecule has 0 atom stereocenters. The van der Waals surface area contributed by atoms with Crippen molar-refractivity contribution in [2.24, 2.45) is 0 Å². The Bertz CT molecular complexity index is 734. The lowest BCUT2D eigenvalue weighted by Crippen LogP contribution is -2.30. The molecule has 1 aromatic carbocycles. The molecule has 4 nitrogen and oxygen atoms in total. The van der Waals surface area contributed by atoms with Crippen LogP contribution in [0.25, 0.3) is 0 Å². The molecule has 0 spiro atoms. The van der Waals surface area contributed by atoms with Gasteiger partial charge in [0.25, 0.3) is 3.79 Å². The van der Waals surface area contributed by atoms with Gasteiger partial charge in [0.1, 0.15) is 5.69 Å². The second kappa shape index (κ2) is 6.95. The number of amides is 1. The largest absolute Gasteiger partial charge is 0.288 e. The van der Waals surface area contributed by atoms with Crippen LogP contribution in [0.5, 0.6) is 0 Å². The zero-order chi connectivity index (χ0) is 17.2. The highest BCUT2D eigenvalue weighted by Gasteiger charge is 2.35. The molecule has 0 aliphatic heterocycles. The van der Waals surface area contributed by atoms with Crippen LogP contribution in [0.15, 0.2) is 36.4 Å². The smallest absolute Gasteiger partial charge is 0.255 e. The summed E-state index contributed by atoms with van der Waals surface area (Å²) in [6, 6.07) is 11.3. The number of Topliss-reactive ketones (excluding diaryl/α,β-unsaturated/α-hetero) is 1. The van der Waals surface area contributed by atoms with E-state index in [9.17, 15) is 9.59 Å². The fourth-order valence-corrected chi connectivity index (χ4v) is 2.57. The highest BCUT2D eigenvalue weighted by atomic mass is 35.6. The van der Waals surface area contributed by atoms with E-state index >= 15 is 0 Å². The first kappa shape index (κ1) is 17.9. The second-order valence-electron chi connectivity index (χ2n) is 5.15. The van der Waals surface area contributed by atoms with E-state index in [-0.39, 0.29) is 11.6 Å². The van der Waals surface area contributed by atoms with Crippen molar-refractivity contribution in [2.45, 2.75) is 24.1 Å². The van der Waals surface area contributed by atoms with E-state index in [4.69, 9.17) is 34.8 Å². The zero-order valence-corrected chi connectivity index (χ0v) is 14.8. The van der Waals surface area contributed by atoms with Gasteiger partial charge in [-0.3, -0.25) is 19.7 Å². The van der Waals surface area contributed by atoms with Crippen LogP contribution in [0.4, 0.5) is 0 Å². The molecule has 0 bridgehead atoms. The van der Waals surface area contributed by atoms with Gasteiger partial charge < -0.3 is 0 Å². The average molecular weight is 374 g/mol. The van der Waals surface area contributed by atoms with Gasteiger partial charge in [-0.25, -0.2) is 0 Å². The van der Waals surface area contributed by atoms with Crippen LogP contribution in [0.3, 0.4) is 0 Å². The maximum absolute atomic E-state index is 12.3. The summed E-state index contributed by atoms with van der Waals surface area (Å²) >= 11 is 17.1. The number of nitrogens with zero attached hydrogens (tertiary/aromatic N) is 1. The summed E-state index contributed by atoms with van der Waals surface area (Å²) in [5.41, 5.74) is 5.35. The summed E-state index contributed by atoms with van der Waals surface area (Å²) in [6.07, 6.45) is 0.528. The topological polar surface area (TPSA) is 51.1 Å². The monoisotopic (exact) mass is 372 g/mol. The third kappa shape index (κ3) is 4.28. The van der Waals surface area contributed by atoms with Crippen molar-refractivity contribution in [1.82, 2.24) is 4.68 Å². The number of carbonyl (C=O) groups excluding carboxylic acids is 2. The van der Waals surface area contributed by atoms with E-state index in [1.807, 2.05) is 37.3 Å². The molecule has 0 fully saturated rings. The van der Waals surface area contributed by atoms with Crippen molar-refractivity contribution in [3.63, 3.8) is 0 Å². The Labute approximate surface area is 149 Å². The second-order valence-corrected chi connectivity index (χ2v) is 7.43. The van der Waals surface area contributed by atoms with Crippen molar-refractivity contribution >= 4 is 46.5 Å². The summed E-state index contributed by atoms with van der Waals surface area (Å²) in [4.78, 5) is 23.8. The van der Waals surface area contributed by atoms with Crippen LogP contribution >= 0.6 is 34.8 Å². The maximum atomic E-state index is 12.3. The van der Waals surface area contributed by atoms with Gasteiger partial charge in [0.15, 0.2) is 0 Å². The minimum absolute atomic E-state index is 0.128. The fraction of sp³-hybridized carbons (Fsp3) is 0.250. The first-order valence-electron chi connectivity index (χ1n) is 6.84. The number of carbonyl (C=O) groups is 2. The lowest BCUT2D eigenvalue weighted by molar-refractivity contribution is -0.115. The Morgan fingerprint density at radius 3 is 2.30 bits per heavy atom. The van der Waals surface area contributed by atoms with E-state index < -0.39 is 9.58 Å². The molecule has 1 aromatic heterocycles. The Balaban J connectivity index is 2.51. The number of hydrogen-bond donors (Lipinski definition) is 1. The van der Waals surface area contributed by atoms with Crippen molar-refractivity contribution in [2.75, 3.05) is 5.43 Å². The summed E-state index contributed by atoms with van der Waals surface area (Å²) in [5.74, 6) is -1.02. The first-order chi connectivity index (χ1) is 10.7. The Morgan fingerprint density at radius 1 is 1.17 bits per heavy atom. The maximum Gasteiger partial charge on any atom is 0.255 e. The SMILES string of the molecule is CC(=O)Nn1c(C(=O)C(Cl)(Cl)Cl)cc(C)c1Cc1ccccc1. The van der Waals surface area contributed by atoms with Gasteiger partial charge in [-0.05, 0) is 24.1 Å². The number of alkyl halides is 3. The van der Waals surface area contributed by atoms with Crippen LogP contribution < -0.4 is 5.43 Å². The van der Waals surface area contributed by atoms with Gasteiger partial charge >= 0.3 is 0 Å². The molecule has 0 aliphatic rings. The van der Waals surface area contributed by atoms with Crippen molar-refractivity contribution in [3.8, 4) is 0 Å². The molecule has 0 saturated heterocycles. The summed E-state index contributed by atoms with van der Waals surface area (Å²) in [5, 5.41) is 0. The van der Waals surface area contributed by atoms with Crippen molar-refractivity contribution in [1.29, 1.82) is 0 Å². The number of ketones is 1. The van der Waals surface area contributed by atoms with Crippen molar-refractivity contribution < 1.29 is 9.59 Å². The third-order valence-corrected chi connectivity index (χ3v) is 3.81. The quantitative estimate of drug-likeness (QED) is 0.650. The minimum atomic E-state index is -2.09. The average Bonchev–Trinajstić information content (AvgIpc) is 2.75. The van der Waals surface area contributed by atoms with Crippen LogP contribution in [-0.4, -0.2) is 20.2 Å². The van der Waals surface area contributed by atoms with E-state index in [0.717, 1.165) is 16.8 Å². The first-order valence-corrected chi connectivity index (χ1v) is 7.98. The fourth-order valence-electron chi connectivity index (χ4n) is 2.28. The van der Waals surface area contributed by atoms with Gasteiger partial charge in [-0.1, -0.05) is 65.1 Å². The molecule has 1 N–H and O–H groups in total. The Hall–Kier alpha value is -1.49. The standard InChI is InChI=1S/C16H15Cl3N2O2/c1-10-8-14(15(23)16(17,18)19)21(20-11(2)22)13(10)9-12-6-4-3-5-7-12/h3-8H,9H2,1-2H3,(H,20,22). The van der Waals surface area contributed by atoms with E-state index in [0.29, 0.717) is 6.42 Å². The number of hydrogen-bond acceptors (Lipinski definition) is 2. The highest BCUT2D eigenvalue weighted by molar-refractivity contribution is 6.77. The Morgan fingerprint density at radius 2 is 1.78 bits per heavy atom. The third-order valence-electron chi connectivity index (χ3n) is 3.29. The lowest BCUT2D eigenvalue weighted by atomic mass is 10.1. The molecule has 1 heterocycles. The predicted molar refractivity (Wildman–Crippen MR) is 93.1 cm³/mol. The molecular formula is C16H15Cl3N2O2. The number of aryl methyl sites for hydroxylation is 1. The van der Waals surface area contributed by atoms with E-state index in [2.05, 4.69) is 5.43 Å². The molecule has 122 valence electrons. The van der Waals surface area contributed by atoms with Gasteiger partial charge in [-0.15, -0.1) is 0 Å². The van der Waals surface area contributed by atoms with Gasteiger partial charge in [-0.2, -0.15) is 0 Å². The molecule has 0 unspecified atom stereocenters. The highest BCUT2D eigenvalue weighted by Crippen LogP contribution is 2.32. The number of halogens is 3. The normalized spacial score (nSPS) is 11.3. The van der Waals surface area contributed by atoms with E-state index in [1.165, 1.54) is 11.6 Å². The minimum Gasteiger partial charge on any atom is -0.288 e. The molecule has 1 amide bonds. The Kier molecular flexibility index (Phi) is 5.40. The predicted octanol–water partition coefficient (Wildman–Crippen LogP) is 4.03. The molecule has 2 aromatic rings. The number of nitrogens with one attached hydrogen (secondary N) is 1. The number of benzene rings is 1. The molecule has 0 radical (unpaired) electrons. The lowest BCUT2D eigenvalue weighted by Gasteiger charge is -2.16. The summed E-state index contributed by atoms with van der Waals surface area (Å²) < 4.78 is -0.695. The molecule has 23 heavy (non-hydrogen) atoms.